The Kier molecular flexibility index (Phi) is 7.64. The predicted octanol–water partition coefficient (Wildman–Crippen LogP) is 0.559. The topological polar surface area (TPSA) is 108 Å². The van der Waals surface area contributed by atoms with Gasteiger partial charge in [-0.05, 0) is 11.8 Å². The summed E-state index contributed by atoms with van der Waals surface area (Å²) in [4.78, 5) is 33.5. The van der Waals surface area contributed by atoms with Crippen LogP contribution in [0.4, 0.5) is 4.79 Å². The van der Waals surface area contributed by atoms with Crippen molar-refractivity contribution in [3.05, 3.63) is 0 Å². The Balaban J connectivity index is 4.06. The number of aliphatic carboxylic acids is 1. The van der Waals surface area contributed by atoms with Crippen LogP contribution in [0.1, 0.15) is 33.6 Å². The van der Waals surface area contributed by atoms with Gasteiger partial charge < -0.3 is 21.1 Å². The largest absolute Gasteiger partial charge is 0.481 e. The van der Waals surface area contributed by atoms with E-state index in [1.165, 1.54) is 7.05 Å². The van der Waals surface area contributed by atoms with Gasteiger partial charge in [0.15, 0.2) is 0 Å². The van der Waals surface area contributed by atoms with Crippen LogP contribution in [-0.2, 0) is 9.59 Å². The summed E-state index contributed by atoms with van der Waals surface area (Å²) in [6.45, 7) is 6.13. The Morgan fingerprint density at radius 3 is 2.20 bits per heavy atom. The van der Waals surface area contributed by atoms with Crippen molar-refractivity contribution >= 4 is 17.9 Å². The summed E-state index contributed by atoms with van der Waals surface area (Å²) in [6, 6.07) is -0.464. The van der Waals surface area contributed by atoms with Crippen molar-refractivity contribution in [2.24, 2.45) is 11.3 Å². The fraction of sp³-hybridized carbons (Fsp3) is 0.769. The van der Waals surface area contributed by atoms with Crippen molar-refractivity contribution in [3.8, 4) is 0 Å². The lowest BCUT2D eigenvalue weighted by Gasteiger charge is -2.23. The molecule has 1 unspecified atom stereocenters. The third-order valence-electron chi connectivity index (χ3n) is 2.63. The molecule has 0 radical (unpaired) electrons. The number of hydrogen-bond donors (Lipinski definition) is 4. The molecule has 0 aromatic carbocycles. The van der Waals surface area contributed by atoms with Crippen LogP contribution in [0.2, 0.25) is 0 Å². The van der Waals surface area contributed by atoms with Crippen LogP contribution in [0.3, 0.4) is 0 Å². The molecule has 7 nitrogen and oxygen atoms in total. The Morgan fingerprint density at radius 2 is 1.75 bits per heavy atom. The van der Waals surface area contributed by atoms with Gasteiger partial charge in [0.1, 0.15) is 0 Å². The summed E-state index contributed by atoms with van der Waals surface area (Å²) in [7, 11) is 1.52. The minimum atomic E-state index is -0.925. The molecule has 7 heteroatoms. The van der Waals surface area contributed by atoms with Gasteiger partial charge in [0.2, 0.25) is 5.91 Å². The number of hydrogen-bond acceptors (Lipinski definition) is 3. The van der Waals surface area contributed by atoms with E-state index >= 15 is 0 Å². The minimum Gasteiger partial charge on any atom is -0.481 e. The summed E-state index contributed by atoms with van der Waals surface area (Å²) in [6.07, 6.45) is 0.662. The van der Waals surface area contributed by atoms with Crippen LogP contribution in [0, 0.1) is 11.3 Å². The van der Waals surface area contributed by atoms with Gasteiger partial charge in [-0.15, -0.1) is 0 Å². The number of carbonyl (C=O) groups excluding carboxylic acids is 2. The maximum Gasteiger partial charge on any atom is 0.314 e. The van der Waals surface area contributed by atoms with E-state index in [1.807, 2.05) is 20.8 Å². The van der Waals surface area contributed by atoms with Crippen molar-refractivity contribution in [1.29, 1.82) is 0 Å². The Labute approximate surface area is 119 Å². The molecule has 0 heterocycles. The number of carboxylic acid groups (broad SMARTS) is 1. The Hall–Kier alpha value is -1.79. The van der Waals surface area contributed by atoms with Crippen LogP contribution < -0.4 is 16.0 Å². The number of carboxylic acids is 1. The molecule has 0 fully saturated rings. The van der Waals surface area contributed by atoms with E-state index in [-0.39, 0.29) is 30.8 Å². The lowest BCUT2D eigenvalue weighted by molar-refractivity contribution is -0.142. The number of nitrogens with one attached hydrogen (secondary N) is 3. The maximum absolute atomic E-state index is 11.5. The van der Waals surface area contributed by atoms with Crippen LogP contribution >= 0.6 is 0 Å². The Morgan fingerprint density at radius 1 is 1.15 bits per heavy atom. The van der Waals surface area contributed by atoms with Crippen molar-refractivity contribution in [3.63, 3.8) is 0 Å². The summed E-state index contributed by atoms with van der Waals surface area (Å²) in [5, 5.41) is 16.6. The van der Waals surface area contributed by atoms with Gasteiger partial charge >= 0.3 is 12.0 Å². The van der Waals surface area contributed by atoms with Gasteiger partial charge in [0.05, 0.1) is 5.92 Å². The van der Waals surface area contributed by atoms with Gasteiger partial charge in [-0.1, -0.05) is 20.8 Å². The molecular weight excluding hydrogens is 262 g/mol. The van der Waals surface area contributed by atoms with E-state index < -0.39 is 17.9 Å². The molecule has 0 aromatic heterocycles. The molecule has 0 aliphatic heterocycles. The molecule has 0 saturated heterocycles. The second-order valence-electron chi connectivity index (χ2n) is 5.86. The molecule has 0 aliphatic carbocycles. The highest BCUT2D eigenvalue weighted by molar-refractivity contribution is 5.78. The quantitative estimate of drug-likeness (QED) is 0.548. The van der Waals surface area contributed by atoms with E-state index in [1.54, 1.807) is 0 Å². The molecule has 3 amide bonds. The fourth-order valence-electron chi connectivity index (χ4n) is 1.68. The van der Waals surface area contributed by atoms with E-state index in [9.17, 15) is 14.4 Å². The first-order valence-corrected chi connectivity index (χ1v) is 6.61. The lowest BCUT2D eigenvalue weighted by Crippen LogP contribution is -2.41. The summed E-state index contributed by atoms with van der Waals surface area (Å²) in [5.41, 5.74) is -0.125. The van der Waals surface area contributed by atoms with Crippen LogP contribution in [0.15, 0.2) is 0 Å². The van der Waals surface area contributed by atoms with Crippen LogP contribution in [0.25, 0.3) is 0 Å². The summed E-state index contributed by atoms with van der Waals surface area (Å²) < 4.78 is 0. The number of urea groups is 1. The first-order valence-electron chi connectivity index (χ1n) is 6.61. The van der Waals surface area contributed by atoms with Gasteiger partial charge in [0.25, 0.3) is 0 Å². The highest BCUT2D eigenvalue weighted by Crippen LogP contribution is 2.24. The molecule has 1 atom stereocenters. The molecule has 116 valence electrons. The summed E-state index contributed by atoms with van der Waals surface area (Å²) >= 11 is 0. The molecule has 0 rings (SSSR count). The first-order chi connectivity index (χ1) is 9.15. The second-order valence-corrected chi connectivity index (χ2v) is 5.86. The lowest BCUT2D eigenvalue weighted by atomic mass is 9.84. The van der Waals surface area contributed by atoms with Gasteiger partial charge in [0, 0.05) is 26.6 Å². The molecule has 4 N–H and O–H groups in total. The zero-order chi connectivity index (χ0) is 15.8. The van der Waals surface area contributed by atoms with Gasteiger partial charge in [-0.2, -0.15) is 0 Å². The SMILES string of the molecule is CNC(=O)CCNC(=O)NCC(CC(C)(C)C)C(=O)O. The maximum atomic E-state index is 11.5. The predicted molar refractivity (Wildman–Crippen MR) is 75.3 cm³/mol. The van der Waals surface area contributed by atoms with Crippen molar-refractivity contribution < 1.29 is 19.5 Å². The monoisotopic (exact) mass is 287 g/mol. The Bertz CT molecular complexity index is 350. The standard InChI is InChI=1S/C13H25N3O4/c1-13(2,3)7-9(11(18)19)8-16-12(20)15-6-5-10(17)14-4/h9H,5-8H2,1-4H3,(H,14,17)(H,18,19)(H2,15,16,20). The van der Waals surface area contributed by atoms with Gasteiger partial charge in [-0.25, -0.2) is 4.79 Å². The second kappa shape index (κ2) is 8.39. The van der Waals surface area contributed by atoms with E-state index in [0.717, 1.165) is 0 Å². The average molecular weight is 287 g/mol. The third kappa shape index (κ3) is 9.18. The molecule has 0 aliphatic rings. The van der Waals surface area contributed by atoms with E-state index in [4.69, 9.17) is 5.11 Å². The van der Waals surface area contributed by atoms with Gasteiger partial charge in [-0.3, -0.25) is 9.59 Å². The highest BCUT2D eigenvalue weighted by Gasteiger charge is 2.24. The smallest absolute Gasteiger partial charge is 0.314 e. The highest BCUT2D eigenvalue weighted by atomic mass is 16.4. The normalized spacial score (nSPS) is 12.4. The van der Waals surface area contributed by atoms with E-state index in [2.05, 4.69) is 16.0 Å². The zero-order valence-corrected chi connectivity index (χ0v) is 12.6. The molecule has 0 aromatic rings. The average Bonchev–Trinajstić information content (AvgIpc) is 2.32. The van der Waals surface area contributed by atoms with Crippen LogP contribution in [-0.4, -0.2) is 43.2 Å². The first kappa shape index (κ1) is 18.2. The minimum absolute atomic E-state index is 0.0679. The molecule has 20 heavy (non-hydrogen) atoms. The number of amides is 3. The fourth-order valence-corrected chi connectivity index (χ4v) is 1.68. The van der Waals surface area contributed by atoms with E-state index in [0.29, 0.717) is 6.42 Å². The zero-order valence-electron chi connectivity index (χ0n) is 12.6. The van der Waals surface area contributed by atoms with Crippen molar-refractivity contribution in [2.75, 3.05) is 20.1 Å². The van der Waals surface area contributed by atoms with Crippen molar-refractivity contribution in [1.82, 2.24) is 16.0 Å². The molecular formula is C13H25N3O4. The van der Waals surface area contributed by atoms with Crippen molar-refractivity contribution in [2.45, 2.75) is 33.6 Å². The number of rotatable bonds is 7. The molecule has 0 spiro atoms. The molecule has 0 saturated carbocycles. The molecule has 0 bridgehead atoms. The third-order valence-corrected chi connectivity index (χ3v) is 2.63. The summed E-state index contributed by atoms with van der Waals surface area (Å²) in [5.74, 6) is -1.72. The number of carbonyl (C=O) groups is 3. The van der Waals surface area contributed by atoms with Crippen LogP contribution in [0.5, 0.6) is 0 Å².